The third-order valence-electron chi connectivity index (χ3n) is 4.58. The average Bonchev–Trinajstić information content (AvgIpc) is 2.69. The number of benzene rings is 2. The number of anilines is 1. The van der Waals surface area contributed by atoms with Crippen LogP contribution in [0.4, 0.5) is 14.5 Å². The molecule has 0 aromatic heterocycles. The van der Waals surface area contributed by atoms with Gasteiger partial charge in [0.25, 0.3) is 0 Å². The fourth-order valence-corrected chi connectivity index (χ4v) is 3.65. The Morgan fingerprint density at radius 3 is 2.34 bits per heavy atom. The molecule has 2 aromatic rings. The zero-order valence-corrected chi connectivity index (χ0v) is 17.0. The predicted molar refractivity (Wildman–Crippen MR) is 110 cm³/mol. The molecule has 0 saturated carbocycles. The molecule has 0 unspecified atom stereocenters. The van der Waals surface area contributed by atoms with E-state index < -0.39 is 23.6 Å². The van der Waals surface area contributed by atoms with Crippen LogP contribution in [0.25, 0.3) is 0 Å². The summed E-state index contributed by atoms with van der Waals surface area (Å²) in [6.07, 6.45) is 0. The van der Waals surface area contributed by atoms with E-state index in [9.17, 15) is 13.6 Å². The molecule has 1 aliphatic rings. The second kappa shape index (κ2) is 8.57. The number of hydrogen-bond acceptors (Lipinski definition) is 4. The van der Waals surface area contributed by atoms with Crippen LogP contribution in [0.5, 0.6) is 5.75 Å². The second-order valence-corrected chi connectivity index (χ2v) is 6.66. The lowest BCUT2D eigenvalue weighted by Crippen LogP contribution is -2.48. The average molecular weight is 418 g/mol. The molecular formula is C21H20F2N2O3S. The Hall–Kier alpha value is -3.00. The zero-order chi connectivity index (χ0) is 21.1. The van der Waals surface area contributed by atoms with Crippen LogP contribution in [0.3, 0.4) is 0 Å². The number of thiocarbonyl (C=S) groups is 1. The van der Waals surface area contributed by atoms with Gasteiger partial charge in [0.05, 0.1) is 30.9 Å². The Bertz CT molecular complexity index is 956. The van der Waals surface area contributed by atoms with E-state index in [1.807, 2.05) is 6.92 Å². The first-order valence-electron chi connectivity index (χ1n) is 8.95. The van der Waals surface area contributed by atoms with Crippen LogP contribution in [-0.4, -0.2) is 24.8 Å². The van der Waals surface area contributed by atoms with Crippen LogP contribution in [0.15, 0.2) is 53.7 Å². The minimum absolute atomic E-state index is 0.0685. The second-order valence-electron chi connectivity index (χ2n) is 6.27. The minimum Gasteiger partial charge on any atom is -0.494 e. The number of carbonyl (C=O) groups is 1. The lowest BCUT2D eigenvalue weighted by Gasteiger charge is -2.37. The number of nitrogens with zero attached hydrogens (tertiary/aromatic N) is 1. The lowest BCUT2D eigenvalue weighted by molar-refractivity contribution is -0.136. The largest absolute Gasteiger partial charge is 0.494 e. The Balaban J connectivity index is 2.12. The van der Waals surface area contributed by atoms with Gasteiger partial charge >= 0.3 is 5.97 Å². The number of rotatable bonds is 5. The third kappa shape index (κ3) is 3.93. The highest BCUT2D eigenvalue weighted by atomic mass is 32.1. The molecule has 0 amide bonds. The fourth-order valence-electron chi connectivity index (χ4n) is 3.29. The molecule has 2 aromatic carbocycles. The van der Waals surface area contributed by atoms with Crippen LogP contribution in [0.1, 0.15) is 25.5 Å². The quantitative estimate of drug-likeness (QED) is 0.579. The van der Waals surface area contributed by atoms with Crippen LogP contribution in [0, 0.1) is 11.6 Å². The molecule has 0 bridgehead atoms. The molecule has 1 atom stereocenters. The van der Waals surface area contributed by atoms with Crippen LogP contribution in [-0.2, 0) is 9.53 Å². The maximum atomic E-state index is 14.4. The van der Waals surface area contributed by atoms with Gasteiger partial charge in [0.2, 0.25) is 0 Å². The molecule has 29 heavy (non-hydrogen) atoms. The molecule has 1 aliphatic heterocycles. The number of esters is 1. The SMILES string of the molecule is CCOc1ccc(N2C(=S)N[C@@H](c3c(F)cccc3F)C(C(=O)OC)=C2C)cc1. The van der Waals surface area contributed by atoms with E-state index >= 15 is 0 Å². The van der Waals surface area contributed by atoms with Crippen molar-refractivity contribution in [3.63, 3.8) is 0 Å². The van der Waals surface area contributed by atoms with Gasteiger partial charge in [-0.25, -0.2) is 13.6 Å². The van der Waals surface area contributed by atoms with Gasteiger partial charge in [0, 0.05) is 11.4 Å². The van der Waals surface area contributed by atoms with Crippen molar-refractivity contribution >= 4 is 29.0 Å². The summed E-state index contributed by atoms with van der Waals surface area (Å²) in [4.78, 5) is 14.2. The summed E-state index contributed by atoms with van der Waals surface area (Å²) in [6, 6.07) is 9.51. The summed E-state index contributed by atoms with van der Waals surface area (Å²) in [5, 5.41) is 3.09. The van der Waals surface area contributed by atoms with Crippen LogP contribution < -0.4 is 15.0 Å². The maximum absolute atomic E-state index is 14.4. The van der Waals surface area contributed by atoms with Crippen molar-refractivity contribution in [2.45, 2.75) is 19.9 Å². The summed E-state index contributed by atoms with van der Waals surface area (Å²) in [7, 11) is 1.21. The highest BCUT2D eigenvalue weighted by Crippen LogP contribution is 2.36. The van der Waals surface area contributed by atoms with Gasteiger partial charge in [-0.05, 0) is 62.5 Å². The minimum atomic E-state index is -1.12. The predicted octanol–water partition coefficient (Wildman–Crippen LogP) is 4.25. The first-order valence-corrected chi connectivity index (χ1v) is 9.36. The maximum Gasteiger partial charge on any atom is 0.337 e. The number of ether oxygens (including phenoxy) is 2. The summed E-state index contributed by atoms with van der Waals surface area (Å²) in [6.45, 7) is 4.07. The normalized spacial score (nSPS) is 16.5. The van der Waals surface area contributed by atoms with Gasteiger partial charge in [-0.15, -0.1) is 0 Å². The zero-order valence-electron chi connectivity index (χ0n) is 16.2. The smallest absolute Gasteiger partial charge is 0.337 e. The molecule has 8 heteroatoms. The summed E-state index contributed by atoms with van der Waals surface area (Å²) in [5.41, 5.74) is 0.856. The highest BCUT2D eigenvalue weighted by molar-refractivity contribution is 7.80. The number of halogens is 2. The van der Waals surface area contributed by atoms with Crippen molar-refractivity contribution in [3.05, 3.63) is 70.9 Å². The standard InChI is InChI=1S/C21H20F2N2O3S/c1-4-28-14-10-8-13(9-11-14)25-12(2)17(20(26)27-3)19(24-21(25)29)18-15(22)6-5-7-16(18)23/h5-11,19H,4H2,1-3H3,(H,24,29)/t19-/m1/s1. The molecule has 0 fully saturated rings. The van der Waals surface area contributed by atoms with Gasteiger partial charge in [-0.3, -0.25) is 4.90 Å². The van der Waals surface area contributed by atoms with Crippen molar-refractivity contribution in [3.8, 4) is 5.75 Å². The van der Waals surface area contributed by atoms with E-state index in [0.29, 0.717) is 23.7 Å². The molecule has 0 spiro atoms. The van der Waals surface area contributed by atoms with E-state index in [1.165, 1.54) is 13.2 Å². The third-order valence-corrected chi connectivity index (χ3v) is 4.88. The Kier molecular flexibility index (Phi) is 6.12. The van der Waals surface area contributed by atoms with Gasteiger partial charge < -0.3 is 14.8 Å². The van der Waals surface area contributed by atoms with E-state index in [-0.39, 0.29) is 16.2 Å². The van der Waals surface area contributed by atoms with Crippen LogP contribution >= 0.6 is 12.2 Å². The van der Waals surface area contributed by atoms with Crippen molar-refractivity contribution in [1.82, 2.24) is 5.32 Å². The first-order chi connectivity index (χ1) is 13.9. The van der Waals surface area contributed by atoms with E-state index in [1.54, 1.807) is 36.1 Å². The van der Waals surface area contributed by atoms with Gasteiger partial charge in [-0.1, -0.05) is 6.07 Å². The molecule has 0 saturated heterocycles. The van der Waals surface area contributed by atoms with Crippen molar-refractivity contribution in [2.75, 3.05) is 18.6 Å². The van der Waals surface area contributed by atoms with Crippen molar-refractivity contribution < 1.29 is 23.0 Å². The molecule has 5 nitrogen and oxygen atoms in total. The lowest BCUT2D eigenvalue weighted by atomic mass is 9.94. The molecule has 0 radical (unpaired) electrons. The molecule has 1 N–H and O–H groups in total. The molecule has 0 aliphatic carbocycles. The van der Waals surface area contributed by atoms with E-state index in [0.717, 1.165) is 12.1 Å². The van der Waals surface area contributed by atoms with Gasteiger partial charge in [-0.2, -0.15) is 0 Å². The number of carbonyl (C=O) groups excluding carboxylic acids is 1. The Morgan fingerprint density at radius 1 is 1.17 bits per heavy atom. The van der Waals surface area contributed by atoms with Gasteiger partial charge in [0.15, 0.2) is 5.11 Å². The topological polar surface area (TPSA) is 50.8 Å². The highest BCUT2D eigenvalue weighted by Gasteiger charge is 2.37. The van der Waals surface area contributed by atoms with Crippen LogP contribution in [0.2, 0.25) is 0 Å². The van der Waals surface area contributed by atoms with Crippen molar-refractivity contribution in [1.29, 1.82) is 0 Å². The fraction of sp³-hybridized carbons (Fsp3) is 0.238. The summed E-state index contributed by atoms with van der Waals surface area (Å²) in [5.74, 6) is -1.59. The van der Waals surface area contributed by atoms with E-state index in [2.05, 4.69) is 5.32 Å². The van der Waals surface area contributed by atoms with Gasteiger partial charge in [0.1, 0.15) is 17.4 Å². The Labute approximate surface area is 172 Å². The molecule has 3 rings (SSSR count). The Morgan fingerprint density at radius 2 is 1.79 bits per heavy atom. The molecular weight excluding hydrogens is 398 g/mol. The number of hydrogen-bond donors (Lipinski definition) is 1. The van der Waals surface area contributed by atoms with Crippen molar-refractivity contribution in [2.24, 2.45) is 0 Å². The molecule has 1 heterocycles. The number of allylic oxidation sites excluding steroid dienone is 1. The molecule has 152 valence electrons. The monoisotopic (exact) mass is 418 g/mol. The summed E-state index contributed by atoms with van der Waals surface area (Å²) >= 11 is 5.46. The summed E-state index contributed by atoms with van der Waals surface area (Å²) < 4.78 is 39.2. The first kappa shape index (κ1) is 20.7. The number of nitrogens with one attached hydrogen (secondary N) is 1. The van der Waals surface area contributed by atoms with E-state index in [4.69, 9.17) is 21.7 Å². The number of methoxy groups -OCH3 is 1.